The average Bonchev–Trinajstić information content (AvgIpc) is 3.37. The van der Waals surface area contributed by atoms with Gasteiger partial charge in [-0.2, -0.15) is 0 Å². The molecule has 1 aliphatic carbocycles. The van der Waals surface area contributed by atoms with E-state index < -0.39 is 11.7 Å². The van der Waals surface area contributed by atoms with Gasteiger partial charge in [0.25, 0.3) is 5.91 Å². The number of carbonyl (C=O) groups excluding carboxylic acids is 2. The van der Waals surface area contributed by atoms with Crippen molar-refractivity contribution in [2.75, 3.05) is 10.6 Å². The molecule has 2 aromatic carbocycles. The zero-order valence-corrected chi connectivity index (χ0v) is 14.3. The minimum absolute atomic E-state index is 0.0297. The second kappa shape index (κ2) is 6.49. The van der Waals surface area contributed by atoms with E-state index in [4.69, 9.17) is 0 Å². The first kappa shape index (κ1) is 16.7. The topological polar surface area (TPSA) is 58.2 Å². The molecule has 2 amide bonds. The molecule has 1 aromatic heterocycles. The summed E-state index contributed by atoms with van der Waals surface area (Å²) in [5.74, 6) is -1.64. The van der Waals surface area contributed by atoms with Gasteiger partial charge in [-0.05, 0) is 49.2 Å². The molecule has 0 aliphatic heterocycles. The number of thiophene rings is 1. The first-order chi connectivity index (χ1) is 12.5. The van der Waals surface area contributed by atoms with E-state index in [0.29, 0.717) is 20.7 Å². The van der Waals surface area contributed by atoms with E-state index in [-0.39, 0.29) is 23.3 Å². The molecule has 3 aromatic rings. The summed E-state index contributed by atoms with van der Waals surface area (Å²) < 4.78 is 28.3. The van der Waals surface area contributed by atoms with Gasteiger partial charge in [-0.15, -0.1) is 11.3 Å². The Morgan fingerprint density at radius 1 is 1.00 bits per heavy atom. The fourth-order valence-electron chi connectivity index (χ4n) is 2.61. The fourth-order valence-corrected chi connectivity index (χ4v) is 3.58. The van der Waals surface area contributed by atoms with Crippen molar-refractivity contribution in [3.05, 3.63) is 59.0 Å². The molecule has 0 unspecified atom stereocenters. The third-order valence-electron chi connectivity index (χ3n) is 4.16. The number of hydrogen-bond acceptors (Lipinski definition) is 3. The van der Waals surface area contributed by atoms with Crippen molar-refractivity contribution in [3.63, 3.8) is 0 Å². The Kier molecular flexibility index (Phi) is 4.16. The predicted molar refractivity (Wildman–Crippen MR) is 97.5 cm³/mol. The molecular formula is C19H14F2N2O2S. The first-order valence-electron chi connectivity index (χ1n) is 8.11. The first-order valence-corrected chi connectivity index (χ1v) is 8.93. The van der Waals surface area contributed by atoms with E-state index in [0.717, 1.165) is 12.8 Å². The number of rotatable bonds is 4. The number of amides is 2. The minimum Gasteiger partial charge on any atom is -0.323 e. The zero-order valence-electron chi connectivity index (χ0n) is 13.5. The highest BCUT2D eigenvalue weighted by molar-refractivity contribution is 7.20. The van der Waals surface area contributed by atoms with Gasteiger partial charge in [0.2, 0.25) is 5.91 Å². The molecule has 0 saturated heterocycles. The summed E-state index contributed by atoms with van der Waals surface area (Å²) in [6.45, 7) is 0. The Hall–Kier alpha value is -2.80. The van der Waals surface area contributed by atoms with Gasteiger partial charge in [0.05, 0.1) is 10.6 Å². The molecular weight excluding hydrogens is 358 g/mol. The van der Waals surface area contributed by atoms with Gasteiger partial charge in [0.15, 0.2) is 0 Å². The maximum absolute atomic E-state index is 13.9. The molecule has 0 spiro atoms. The highest BCUT2D eigenvalue weighted by atomic mass is 32.1. The number of halogens is 2. The Morgan fingerprint density at radius 3 is 2.54 bits per heavy atom. The van der Waals surface area contributed by atoms with Gasteiger partial charge >= 0.3 is 0 Å². The Balaban J connectivity index is 1.54. The van der Waals surface area contributed by atoms with E-state index in [1.165, 1.54) is 41.7 Å². The third-order valence-corrected chi connectivity index (χ3v) is 5.26. The van der Waals surface area contributed by atoms with Gasteiger partial charge in [-0.1, -0.05) is 6.07 Å². The smallest absolute Gasteiger partial charge is 0.265 e. The lowest BCUT2D eigenvalue weighted by Crippen LogP contribution is -2.15. The normalized spacial score (nSPS) is 13.6. The molecule has 0 bridgehead atoms. The second-order valence-electron chi connectivity index (χ2n) is 6.17. The lowest BCUT2D eigenvalue weighted by atomic mass is 10.2. The van der Waals surface area contributed by atoms with Crippen LogP contribution in [0.4, 0.5) is 20.2 Å². The van der Waals surface area contributed by atoms with E-state index in [1.807, 2.05) is 0 Å². The summed E-state index contributed by atoms with van der Waals surface area (Å²) in [5, 5.41) is 5.59. The highest BCUT2D eigenvalue weighted by Crippen LogP contribution is 2.31. The maximum Gasteiger partial charge on any atom is 0.265 e. The summed E-state index contributed by atoms with van der Waals surface area (Å²) in [6, 6.07) is 10.1. The molecule has 1 saturated carbocycles. The number of fused-ring (bicyclic) bond motifs is 1. The van der Waals surface area contributed by atoms with Crippen molar-refractivity contribution in [2.45, 2.75) is 12.8 Å². The Labute approximate surface area is 151 Å². The van der Waals surface area contributed by atoms with Gasteiger partial charge in [0.1, 0.15) is 11.6 Å². The number of nitrogens with one attached hydrogen (secondary N) is 2. The summed E-state index contributed by atoms with van der Waals surface area (Å²) in [6.07, 6.45) is 1.62. The van der Waals surface area contributed by atoms with Crippen molar-refractivity contribution >= 4 is 44.6 Å². The van der Waals surface area contributed by atoms with Crippen molar-refractivity contribution in [1.82, 2.24) is 0 Å². The van der Waals surface area contributed by atoms with Crippen LogP contribution in [0, 0.1) is 17.6 Å². The monoisotopic (exact) mass is 372 g/mol. The van der Waals surface area contributed by atoms with E-state index in [2.05, 4.69) is 10.6 Å². The standard InChI is InChI=1S/C19H14F2N2O2S/c20-13-2-1-3-16-12(13)9-17(26-16)19(25)22-11-6-7-14(21)15(8-11)23-18(24)10-4-5-10/h1-3,6-10H,4-5H2,(H,22,25)(H,23,24). The SMILES string of the molecule is O=C(Nc1ccc(F)c(NC(=O)C2CC2)c1)c1cc2c(F)cccc2s1. The van der Waals surface area contributed by atoms with Gasteiger partial charge in [-0.3, -0.25) is 9.59 Å². The number of carbonyl (C=O) groups is 2. The van der Waals surface area contributed by atoms with Gasteiger partial charge < -0.3 is 10.6 Å². The minimum atomic E-state index is -0.569. The molecule has 4 rings (SSSR count). The summed E-state index contributed by atoms with van der Waals surface area (Å²) in [4.78, 5) is 24.6. The number of hydrogen-bond donors (Lipinski definition) is 2. The molecule has 1 heterocycles. The van der Waals surface area contributed by atoms with Crippen molar-refractivity contribution in [1.29, 1.82) is 0 Å². The van der Waals surface area contributed by atoms with Crippen LogP contribution in [-0.4, -0.2) is 11.8 Å². The number of anilines is 2. The van der Waals surface area contributed by atoms with Crippen LogP contribution >= 0.6 is 11.3 Å². The van der Waals surface area contributed by atoms with E-state index >= 15 is 0 Å². The molecule has 2 N–H and O–H groups in total. The molecule has 7 heteroatoms. The quantitative estimate of drug-likeness (QED) is 0.692. The zero-order chi connectivity index (χ0) is 18.3. The summed E-state index contributed by atoms with van der Waals surface area (Å²) >= 11 is 1.17. The fraction of sp³-hybridized carbons (Fsp3) is 0.158. The van der Waals surface area contributed by atoms with Crippen LogP contribution in [0.3, 0.4) is 0 Å². The van der Waals surface area contributed by atoms with Crippen LogP contribution in [-0.2, 0) is 4.79 Å². The maximum atomic E-state index is 13.9. The van der Waals surface area contributed by atoms with Gasteiger partial charge in [0, 0.05) is 21.7 Å². The second-order valence-corrected chi connectivity index (χ2v) is 7.26. The Bertz CT molecular complexity index is 1030. The van der Waals surface area contributed by atoms with Crippen LogP contribution < -0.4 is 10.6 Å². The molecule has 0 atom stereocenters. The van der Waals surface area contributed by atoms with Crippen LogP contribution in [0.2, 0.25) is 0 Å². The van der Waals surface area contributed by atoms with Gasteiger partial charge in [-0.25, -0.2) is 8.78 Å². The van der Waals surface area contributed by atoms with Crippen LogP contribution in [0.1, 0.15) is 22.5 Å². The van der Waals surface area contributed by atoms with Crippen LogP contribution in [0.25, 0.3) is 10.1 Å². The molecule has 132 valence electrons. The average molecular weight is 372 g/mol. The highest BCUT2D eigenvalue weighted by Gasteiger charge is 2.30. The molecule has 1 fully saturated rings. The van der Waals surface area contributed by atoms with Crippen molar-refractivity contribution in [3.8, 4) is 0 Å². The number of benzene rings is 2. The molecule has 1 aliphatic rings. The third kappa shape index (κ3) is 3.30. The lowest BCUT2D eigenvalue weighted by Gasteiger charge is -2.09. The summed E-state index contributed by atoms with van der Waals surface area (Å²) in [7, 11) is 0. The predicted octanol–water partition coefficient (Wildman–Crippen LogP) is 4.78. The molecule has 0 radical (unpaired) electrons. The van der Waals surface area contributed by atoms with E-state index in [9.17, 15) is 18.4 Å². The van der Waals surface area contributed by atoms with Crippen molar-refractivity contribution < 1.29 is 18.4 Å². The van der Waals surface area contributed by atoms with Crippen LogP contribution in [0.15, 0.2) is 42.5 Å². The van der Waals surface area contributed by atoms with Crippen molar-refractivity contribution in [2.24, 2.45) is 5.92 Å². The van der Waals surface area contributed by atoms with Crippen LogP contribution in [0.5, 0.6) is 0 Å². The Morgan fingerprint density at radius 2 is 1.81 bits per heavy atom. The molecule has 26 heavy (non-hydrogen) atoms. The summed E-state index contributed by atoms with van der Waals surface area (Å²) in [5.41, 5.74) is 0.377. The lowest BCUT2D eigenvalue weighted by molar-refractivity contribution is -0.117. The van der Waals surface area contributed by atoms with E-state index in [1.54, 1.807) is 12.1 Å². The molecule has 4 nitrogen and oxygen atoms in total. The largest absolute Gasteiger partial charge is 0.323 e.